The number of nitrogens with one attached hydrogen (secondary N) is 2. The third-order valence-electron chi connectivity index (χ3n) is 5.46. The first-order chi connectivity index (χ1) is 12.3. The van der Waals surface area contributed by atoms with Gasteiger partial charge in [-0.15, -0.1) is 0 Å². The molecular formula is C19H26N4O2. The van der Waals surface area contributed by atoms with Gasteiger partial charge in [-0.05, 0) is 31.9 Å². The largest absolute Gasteiger partial charge is 0.378 e. The van der Waals surface area contributed by atoms with Gasteiger partial charge in [0.15, 0.2) is 5.69 Å². The van der Waals surface area contributed by atoms with Crippen molar-refractivity contribution in [3.63, 3.8) is 0 Å². The molecule has 2 unspecified atom stereocenters. The Kier molecular flexibility index (Phi) is 4.72. The van der Waals surface area contributed by atoms with E-state index in [1.54, 1.807) is 0 Å². The summed E-state index contributed by atoms with van der Waals surface area (Å²) in [7, 11) is 0. The smallest absolute Gasteiger partial charge is 0.272 e. The Hall–Kier alpha value is -1.92. The highest BCUT2D eigenvalue weighted by atomic mass is 16.5. The highest BCUT2D eigenvalue weighted by Gasteiger charge is 2.39. The van der Waals surface area contributed by atoms with Crippen LogP contribution < -0.4 is 5.32 Å². The Morgan fingerprint density at radius 3 is 2.84 bits per heavy atom. The molecule has 134 valence electrons. The van der Waals surface area contributed by atoms with Crippen molar-refractivity contribution < 1.29 is 9.53 Å². The van der Waals surface area contributed by atoms with Crippen LogP contribution in [0.15, 0.2) is 24.3 Å². The topological polar surface area (TPSA) is 70.2 Å². The van der Waals surface area contributed by atoms with Crippen molar-refractivity contribution in [2.45, 2.75) is 50.7 Å². The van der Waals surface area contributed by atoms with Gasteiger partial charge in [0.25, 0.3) is 5.91 Å². The number of aromatic amines is 1. The molecule has 2 saturated heterocycles. The zero-order valence-electron chi connectivity index (χ0n) is 14.7. The number of ether oxygens (including phenoxy) is 1. The second-order valence-corrected chi connectivity index (χ2v) is 7.20. The van der Waals surface area contributed by atoms with Gasteiger partial charge in [-0.2, -0.15) is 5.10 Å². The quantitative estimate of drug-likeness (QED) is 0.875. The number of hydrogen-bond acceptors (Lipinski definition) is 4. The molecule has 0 saturated carbocycles. The van der Waals surface area contributed by atoms with Crippen molar-refractivity contribution in [2.24, 2.45) is 0 Å². The van der Waals surface area contributed by atoms with Gasteiger partial charge >= 0.3 is 0 Å². The number of carbonyl (C=O) groups is 1. The highest BCUT2D eigenvalue weighted by molar-refractivity contribution is 6.04. The molecule has 0 spiro atoms. The molecule has 2 fully saturated rings. The van der Waals surface area contributed by atoms with Gasteiger partial charge in [0.05, 0.1) is 18.7 Å². The first-order valence-electron chi connectivity index (χ1n) is 9.33. The maximum Gasteiger partial charge on any atom is 0.272 e. The van der Waals surface area contributed by atoms with Crippen molar-refractivity contribution in [1.82, 2.24) is 20.4 Å². The number of amides is 1. The van der Waals surface area contributed by atoms with Crippen LogP contribution in [0.1, 0.15) is 43.1 Å². The van der Waals surface area contributed by atoms with Crippen molar-refractivity contribution in [1.29, 1.82) is 0 Å². The van der Waals surface area contributed by atoms with E-state index in [-0.39, 0.29) is 11.9 Å². The Balaban J connectivity index is 1.44. The minimum Gasteiger partial charge on any atom is -0.378 e. The minimum atomic E-state index is -0.0801. The highest BCUT2D eigenvalue weighted by Crippen LogP contribution is 2.28. The van der Waals surface area contributed by atoms with Crippen LogP contribution in [-0.4, -0.2) is 58.9 Å². The van der Waals surface area contributed by atoms with E-state index in [0.717, 1.165) is 43.5 Å². The average molecular weight is 342 g/mol. The SMILES string of the molecule is CCCCN1C2COCC1CC(NC(=O)c1n[nH]c3ccccc13)C2. The number of piperidine rings is 1. The van der Waals surface area contributed by atoms with Crippen LogP contribution in [0.2, 0.25) is 0 Å². The molecule has 1 aromatic carbocycles. The lowest BCUT2D eigenvalue weighted by atomic mass is 9.89. The van der Waals surface area contributed by atoms with E-state index in [1.807, 2.05) is 24.3 Å². The summed E-state index contributed by atoms with van der Waals surface area (Å²) in [5.41, 5.74) is 1.39. The number of unbranched alkanes of at least 4 members (excludes halogenated alkanes) is 1. The van der Waals surface area contributed by atoms with E-state index in [9.17, 15) is 4.79 Å². The molecule has 25 heavy (non-hydrogen) atoms. The normalized spacial score (nSPS) is 26.7. The van der Waals surface area contributed by atoms with Gasteiger partial charge in [-0.1, -0.05) is 31.5 Å². The molecule has 2 aromatic rings. The molecule has 0 radical (unpaired) electrons. The molecule has 0 aliphatic carbocycles. The number of aromatic nitrogens is 2. The lowest BCUT2D eigenvalue weighted by molar-refractivity contribution is -0.0802. The lowest BCUT2D eigenvalue weighted by Gasteiger charge is -2.48. The number of carbonyl (C=O) groups excluding carboxylic acids is 1. The van der Waals surface area contributed by atoms with Crippen LogP contribution in [0.25, 0.3) is 10.9 Å². The zero-order valence-corrected chi connectivity index (χ0v) is 14.7. The standard InChI is InChI=1S/C19H26N4O2/c1-2-3-8-23-14-9-13(10-15(23)12-25-11-14)20-19(24)18-16-6-4-5-7-17(16)21-22-18/h4-7,13-15H,2-3,8-12H2,1H3,(H,20,24)(H,21,22). The van der Waals surface area contributed by atoms with Crippen LogP contribution >= 0.6 is 0 Å². The molecule has 2 aliphatic heterocycles. The van der Waals surface area contributed by atoms with E-state index < -0.39 is 0 Å². The number of rotatable bonds is 5. The van der Waals surface area contributed by atoms with E-state index in [2.05, 4.69) is 27.3 Å². The molecule has 4 rings (SSSR count). The first-order valence-corrected chi connectivity index (χ1v) is 9.33. The average Bonchev–Trinajstić information content (AvgIpc) is 3.04. The molecule has 1 aromatic heterocycles. The molecule has 1 amide bonds. The molecular weight excluding hydrogens is 316 g/mol. The van der Waals surface area contributed by atoms with Crippen molar-refractivity contribution in [3.05, 3.63) is 30.0 Å². The fourth-order valence-corrected chi connectivity index (χ4v) is 4.20. The summed E-state index contributed by atoms with van der Waals surface area (Å²) in [6.45, 7) is 4.92. The van der Waals surface area contributed by atoms with E-state index >= 15 is 0 Å². The fraction of sp³-hybridized carbons (Fsp3) is 0.579. The first kappa shape index (κ1) is 16.5. The fourth-order valence-electron chi connectivity index (χ4n) is 4.20. The van der Waals surface area contributed by atoms with Gasteiger partial charge in [0.1, 0.15) is 0 Å². The number of para-hydroxylation sites is 1. The number of benzene rings is 1. The van der Waals surface area contributed by atoms with Crippen LogP contribution in [0, 0.1) is 0 Å². The van der Waals surface area contributed by atoms with Crippen LogP contribution in [0.5, 0.6) is 0 Å². The maximum atomic E-state index is 12.7. The molecule has 2 atom stereocenters. The Bertz CT molecular complexity index is 730. The Morgan fingerprint density at radius 1 is 1.32 bits per heavy atom. The Morgan fingerprint density at radius 2 is 2.08 bits per heavy atom. The third kappa shape index (κ3) is 3.28. The summed E-state index contributed by atoms with van der Waals surface area (Å²) in [4.78, 5) is 15.3. The van der Waals surface area contributed by atoms with Gasteiger partial charge in [0.2, 0.25) is 0 Å². The zero-order chi connectivity index (χ0) is 17.2. The number of nitrogens with zero attached hydrogens (tertiary/aromatic N) is 2. The predicted octanol–water partition coefficient (Wildman–Crippen LogP) is 2.32. The van der Waals surface area contributed by atoms with E-state index in [4.69, 9.17) is 4.74 Å². The molecule has 3 heterocycles. The van der Waals surface area contributed by atoms with Crippen molar-refractivity contribution in [3.8, 4) is 0 Å². The lowest BCUT2D eigenvalue weighted by Crippen LogP contribution is -2.60. The number of fused-ring (bicyclic) bond motifs is 3. The summed E-state index contributed by atoms with van der Waals surface area (Å²) >= 11 is 0. The molecule has 6 nitrogen and oxygen atoms in total. The minimum absolute atomic E-state index is 0.0801. The number of morpholine rings is 1. The molecule has 2 bridgehead atoms. The van der Waals surface area contributed by atoms with Crippen LogP contribution in [0.4, 0.5) is 0 Å². The Labute approximate surface area is 147 Å². The summed E-state index contributed by atoms with van der Waals surface area (Å²) in [5, 5.41) is 11.2. The predicted molar refractivity (Wildman–Crippen MR) is 96.6 cm³/mol. The number of H-pyrrole nitrogens is 1. The summed E-state index contributed by atoms with van der Waals surface area (Å²) < 4.78 is 5.76. The summed E-state index contributed by atoms with van der Waals surface area (Å²) in [6, 6.07) is 8.77. The maximum absolute atomic E-state index is 12.7. The van der Waals surface area contributed by atoms with Gasteiger partial charge in [-0.25, -0.2) is 0 Å². The van der Waals surface area contributed by atoms with E-state index in [0.29, 0.717) is 17.8 Å². The second-order valence-electron chi connectivity index (χ2n) is 7.20. The van der Waals surface area contributed by atoms with Crippen LogP contribution in [-0.2, 0) is 4.74 Å². The second kappa shape index (κ2) is 7.14. The van der Waals surface area contributed by atoms with Crippen LogP contribution in [0.3, 0.4) is 0 Å². The summed E-state index contributed by atoms with van der Waals surface area (Å²) in [6.07, 6.45) is 4.34. The van der Waals surface area contributed by atoms with Gasteiger partial charge < -0.3 is 10.1 Å². The third-order valence-corrected chi connectivity index (χ3v) is 5.46. The van der Waals surface area contributed by atoms with Gasteiger partial charge in [0, 0.05) is 23.5 Å². The van der Waals surface area contributed by atoms with Crippen molar-refractivity contribution in [2.75, 3.05) is 19.8 Å². The van der Waals surface area contributed by atoms with E-state index in [1.165, 1.54) is 12.8 Å². The molecule has 2 aliphatic rings. The number of hydrogen-bond donors (Lipinski definition) is 2. The van der Waals surface area contributed by atoms with Crippen molar-refractivity contribution >= 4 is 16.8 Å². The van der Waals surface area contributed by atoms with Gasteiger partial charge in [-0.3, -0.25) is 14.8 Å². The summed E-state index contributed by atoms with van der Waals surface area (Å²) in [5.74, 6) is -0.0801. The monoisotopic (exact) mass is 342 g/mol. The molecule has 6 heteroatoms. The molecule has 2 N–H and O–H groups in total.